The van der Waals surface area contributed by atoms with Gasteiger partial charge in [0.2, 0.25) is 5.91 Å². The zero-order valence-electron chi connectivity index (χ0n) is 15.3. The highest BCUT2D eigenvalue weighted by atomic mass is 16.5. The van der Waals surface area contributed by atoms with E-state index in [2.05, 4.69) is 5.32 Å². The monoisotopic (exact) mass is 348 g/mol. The summed E-state index contributed by atoms with van der Waals surface area (Å²) in [5.74, 6) is 1.33. The van der Waals surface area contributed by atoms with Gasteiger partial charge in [0.1, 0.15) is 0 Å². The third-order valence-electron chi connectivity index (χ3n) is 4.50. The molecule has 6 heteroatoms. The standard InChI is InChI=1S/C19H28N2O4/c1-4-7-17(22)20-12-14-8-6-11-21(13-14)19(23)15-9-5-10-16(24-2)18(15)25-3/h5,9-10,14H,4,6-8,11-13H2,1-3H3,(H,20,22). The van der Waals surface area contributed by atoms with Crippen LogP contribution in [0.3, 0.4) is 0 Å². The van der Waals surface area contributed by atoms with Gasteiger partial charge in [-0.2, -0.15) is 0 Å². The van der Waals surface area contributed by atoms with Gasteiger partial charge in [-0.25, -0.2) is 0 Å². The van der Waals surface area contributed by atoms with Gasteiger partial charge in [0.15, 0.2) is 11.5 Å². The molecule has 2 amide bonds. The largest absolute Gasteiger partial charge is 0.493 e. The van der Waals surface area contributed by atoms with Crippen molar-refractivity contribution in [3.8, 4) is 11.5 Å². The first-order valence-corrected chi connectivity index (χ1v) is 8.87. The summed E-state index contributed by atoms with van der Waals surface area (Å²) in [5.41, 5.74) is 0.512. The average molecular weight is 348 g/mol. The number of nitrogens with zero attached hydrogens (tertiary/aromatic N) is 1. The highest BCUT2D eigenvalue weighted by Gasteiger charge is 2.27. The van der Waals surface area contributed by atoms with Crippen LogP contribution >= 0.6 is 0 Å². The fourth-order valence-electron chi connectivity index (χ4n) is 3.22. The molecule has 1 fully saturated rings. The lowest BCUT2D eigenvalue weighted by Crippen LogP contribution is -2.43. The molecule has 1 heterocycles. The molecule has 1 atom stereocenters. The second-order valence-electron chi connectivity index (χ2n) is 6.35. The minimum absolute atomic E-state index is 0.0552. The first kappa shape index (κ1) is 19.1. The lowest BCUT2D eigenvalue weighted by molar-refractivity contribution is -0.121. The number of nitrogens with one attached hydrogen (secondary N) is 1. The molecule has 0 saturated carbocycles. The number of methoxy groups -OCH3 is 2. The first-order valence-electron chi connectivity index (χ1n) is 8.87. The number of benzene rings is 1. The van der Waals surface area contributed by atoms with Gasteiger partial charge >= 0.3 is 0 Å². The summed E-state index contributed by atoms with van der Waals surface area (Å²) in [6.45, 7) is 3.98. The Bertz CT molecular complexity index is 603. The van der Waals surface area contributed by atoms with Crippen LogP contribution in [0.4, 0.5) is 0 Å². The van der Waals surface area contributed by atoms with Gasteiger partial charge in [0.25, 0.3) is 5.91 Å². The molecular formula is C19H28N2O4. The molecule has 0 spiro atoms. The van der Waals surface area contributed by atoms with Crippen LogP contribution in [-0.4, -0.2) is 50.6 Å². The third kappa shape index (κ3) is 4.87. The Morgan fingerprint density at radius 1 is 1.28 bits per heavy atom. The highest BCUT2D eigenvalue weighted by Crippen LogP contribution is 2.32. The maximum atomic E-state index is 12.9. The van der Waals surface area contributed by atoms with Crippen molar-refractivity contribution < 1.29 is 19.1 Å². The van der Waals surface area contributed by atoms with E-state index in [1.807, 2.05) is 11.8 Å². The smallest absolute Gasteiger partial charge is 0.257 e. The van der Waals surface area contributed by atoms with E-state index in [1.54, 1.807) is 25.3 Å². The topological polar surface area (TPSA) is 67.9 Å². The van der Waals surface area contributed by atoms with Crippen LogP contribution in [0.5, 0.6) is 11.5 Å². The number of para-hydroxylation sites is 1. The Morgan fingerprint density at radius 3 is 2.76 bits per heavy atom. The summed E-state index contributed by atoms with van der Waals surface area (Å²) in [4.78, 5) is 26.4. The zero-order valence-corrected chi connectivity index (χ0v) is 15.3. The number of rotatable bonds is 7. The van der Waals surface area contributed by atoms with Crippen LogP contribution in [0.2, 0.25) is 0 Å². The van der Waals surface area contributed by atoms with E-state index < -0.39 is 0 Å². The first-order chi connectivity index (χ1) is 12.1. The second kappa shape index (κ2) is 9.30. The van der Waals surface area contributed by atoms with Crippen molar-refractivity contribution in [1.29, 1.82) is 0 Å². The maximum Gasteiger partial charge on any atom is 0.257 e. The predicted molar refractivity (Wildman–Crippen MR) is 96.1 cm³/mol. The molecule has 0 radical (unpaired) electrons. The van der Waals surface area contributed by atoms with Gasteiger partial charge in [-0.15, -0.1) is 0 Å². The molecule has 1 saturated heterocycles. The summed E-state index contributed by atoms with van der Waals surface area (Å²) < 4.78 is 10.7. The van der Waals surface area contributed by atoms with E-state index in [4.69, 9.17) is 9.47 Å². The number of likely N-dealkylation sites (tertiary alicyclic amines) is 1. The van der Waals surface area contributed by atoms with Crippen molar-refractivity contribution in [3.05, 3.63) is 23.8 Å². The Kier molecular flexibility index (Phi) is 7.10. The van der Waals surface area contributed by atoms with Crippen molar-refractivity contribution in [3.63, 3.8) is 0 Å². The molecule has 2 rings (SSSR count). The number of piperidine rings is 1. The van der Waals surface area contributed by atoms with Crippen molar-refractivity contribution in [1.82, 2.24) is 10.2 Å². The van der Waals surface area contributed by atoms with Gasteiger partial charge in [-0.05, 0) is 37.3 Å². The summed E-state index contributed by atoms with van der Waals surface area (Å²) in [6, 6.07) is 5.33. The molecule has 6 nitrogen and oxygen atoms in total. The van der Waals surface area contributed by atoms with Gasteiger partial charge in [0.05, 0.1) is 19.8 Å². The molecule has 138 valence electrons. The lowest BCUT2D eigenvalue weighted by Gasteiger charge is -2.33. The van der Waals surface area contributed by atoms with Crippen LogP contribution in [0, 0.1) is 5.92 Å². The molecule has 1 aromatic rings. The van der Waals surface area contributed by atoms with E-state index in [1.165, 1.54) is 7.11 Å². The van der Waals surface area contributed by atoms with E-state index >= 15 is 0 Å². The Morgan fingerprint density at radius 2 is 2.08 bits per heavy atom. The summed E-state index contributed by atoms with van der Waals surface area (Å²) in [7, 11) is 3.10. The zero-order chi connectivity index (χ0) is 18.2. The minimum Gasteiger partial charge on any atom is -0.493 e. The Labute approximate surface area is 149 Å². The number of hydrogen-bond acceptors (Lipinski definition) is 4. The van der Waals surface area contributed by atoms with Crippen molar-refractivity contribution in [2.24, 2.45) is 5.92 Å². The van der Waals surface area contributed by atoms with Crippen LogP contribution in [-0.2, 0) is 4.79 Å². The van der Waals surface area contributed by atoms with Crippen molar-refractivity contribution in [2.75, 3.05) is 33.9 Å². The van der Waals surface area contributed by atoms with Gasteiger partial charge in [-0.1, -0.05) is 13.0 Å². The molecule has 1 N–H and O–H groups in total. The van der Waals surface area contributed by atoms with E-state index in [0.29, 0.717) is 36.6 Å². The quantitative estimate of drug-likeness (QED) is 0.822. The molecule has 1 unspecified atom stereocenters. The summed E-state index contributed by atoms with van der Waals surface area (Å²) >= 11 is 0. The van der Waals surface area contributed by atoms with E-state index in [0.717, 1.165) is 25.8 Å². The Balaban J connectivity index is 2.03. The number of amides is 2. The SMILES string of the molecule is CCCC(=O)NCC1CCCN(C(=O)c2cccc(OC)c2OC)C1. The van der Waals surface area contributed by atoms with Crippen LogP contribution < -0.4 is 14.8 Å². The van der Waals surface area contributed by atoms with Crippen molar-refractivity contribution in [2.45, 2.75) is 32.6 Å². The van der Waals surface area contributed by atoms with E-state index in [-0.39, 0.29) is 17.7 Å². The molecule has 1 aliphatic heterocycles. The summed E-state index contributed by atoms with van der Waals surface area (Å²) in [6.07, 6.45) is 3.35. The number of carbonyl (C=O) groups excluding carboxylic acids is 2. The van der Waals surface area contributed by atoms with E-state index in [9.17, 15) is 9.59 Å². The molecule has 25 heavy (non-hydrogen) atoms. The lowest BCUT2D eigenvalue weighted by atomic mass is 9.97. The average Bonchev–Trinajstić information content (AvgIpc) is 2.65. The number of ether oxygens (including phenoxy) is 2. The fraction of sp³-hybridized carbons (Fsp3) is 0.579. The molecule has 1 aromatic carbocycles. The second-order valence-corrected chi connectivity index (χ2v) is 6.35. The predicted octanol–water partition coefficient (Wildman–Crippen LogP) is 2.47. The van der Waals surface area contributed by atoms with Crippen LogP contribution in [0.15, 0.2) is 18.2 Å². The van der Waals surface area contributed by atoms with Crippen LogP contribution in [0.25, 0.3) is 0 Å². The molecule has 0 aliphatic carbocycles. The van der Waals surface area contributed by atoms with Gasteiger partial charge in [0, 0.05) is 26.1 Å². The fourth-order valence-corrected chi connectivity index (χ4v) is 3.22. The van der Waals surface area contributed by atoms with Gasteiger partial charge in [-0.3, -0.25) is 9.59 Å². The molecule has 1 aliphatic rings. The molecule has 0 bridgehead atoms. The highest BCUT2D eigenvalue weighted by molar-refractivity contribution is 5.97. The number of carbonyl (C=O) groups is 2. The maximum absolute atomic E-state index is 12.9. The molecule has 0 aromatic heterocycles. The normalized spacial score (nSPS) is 17.1. The van der Waals surface area contributed by atoms with Gasteiger partial charge < -0.3 is 19.7 Å². The van der Waals surface area contributed by atoms with Crippen molar-refractivity contribution >= 4 is 11.8 Å². The minimum atomic E-state index is -0.0552. The summed E-state index contributed by atoms with van der Waals surface area (Å²) in [5, 5.41) is 2.97. The number of hydrogen-bond donors (Lipinski definition) is 1. The molecular weight excluding hydrogens is 320 g/mol. The Hall–Kier alpha value is -2.24. The third-order valence-corrected chi connectivity index (χ3v) is 4.50. The van der Waals surface area contributed by atoms with Crippen LogP contribution in [0.1, 0.15) is 43.0 Å².